The molecule has 33 heavy (non-hydrogen) atoms. The van der Waals surface area contributed by atoms with Crippen molar-refractivity contribution in [2.45, 2.75) is 18.4 Å². The van der Waals surface area contributed by atoms with E-state index in [1.807, 2.05) is 48.5 Å². The Morgan fingerprint density at radius 1 is 0.939 bits per heavy atom. The van der Waals surface area contributed by atoms with Gasteiger partial charge in [0.1, 0.15) is 18.4 Å². The summed E-state index contributed by atoms with van der Waals surface area (Å²) in [5.74, 6) is -1.41. The number of benzene rings is 3. The summed E-state index contributed by atoms with van der Waals surface area (Å²) < 4.78 is 10.5. The van der Waals surface area contributed by atoms with Gasteiger partial charge in [0.15, 0.2) is 5.78 Å². The molecule has 1 aliphatic carbocycles. The van der Waals surface area contributed by atoms with Gasteiger partial charge in [0, 0.05) is 17.9 Å². The van der Waals surface area contributed by atoms with E-state index in [1.165, 1.54) is 13.2 Å². The molecular weight excluding hydrogens is 422 g/mol. The highest BCUT2D eigenvalue weighted by Gasteiger charge is 2.30. The molecule has 7 heteroatoms. The van der Waals surface area contributed by atoms with Crippen molar-refractivity contribution in [1.82, 2.24) is 5.32 Å². The summed E-state index contributed by atoms with van der Waals surface area (Å²) in [4.78, 5) is 36.6. The van der Waals surface area contributed by atoms with Crippen molar-refractivity contribution >= 4 is 17.8 Å². The van der Waals surface area contributed by atoms with Gasteiger partial charge in [-0.3, -0.25) is 4.79 Å². The first-order valence-electron chi connectivity index (χ1n) is 10.5. The molecule has 2 N–H and O–H groups in total. The molecule has 168 valence electrons. The van der Waals surface area contributed by atoms with Crippen LogP contribution >= 0.6 is 0 Å². The van der Waals surface area contributed by atoms with Crippen LogP contribution in [0, 0.1) is 0 Å². The van der Waals surface area contributed by atoms with Crippen LogP contribution in [0.3, 0.4) is 0 Å². The normalized spacial score (nSPS) is 12.9. The highest BCUT2D eigenvalue weighted by Crippen LogP contribution is 2.44. The van der Waals surface area contributed by atoms with Crippen LogP contribution < -0.4 is 10.1 Å². The van der Waals surface area contributed by atoms with Crippen molar-refractivity contribution in [3.05, 3.63) is 89.5 Å². The van der Waals surface area contributed by atoms with Crippen LogP contribution in [0.5, 0.6) is 5.75 Å². The van der Waals surface area contributed by atoms with Gasteiger partial charge in [-0.25, -0.2) is 9.59 Å². The highest BCUT2D eigenvalue weighted by molar-refractivity contribution is 5.99. The number of alkyl carbamates (subject to hydrolysis) is 1. The van der Waals surface area contributed by atoms with Crippen LogP contribution in [-0.2, 0) is 9.53 Å². The van der Waals surface area contributed by atoms with E-state index in [4.69, 9.17) is 9.47 Å². The van der Waals surface area contributed by atoms with Crippen molar-refractivity contribution in [1.29, 1.82) is 0 Å². The van der Waals surface area contributed by atoms with Gasteiger partial charge in [0.2, 0.25) is 0 Å². The minimum Gasteiger partial charge on any atom is -0.497 e. The molecule has 0 heterocycles. The van der Waals surface area contributed by atoms with E-state index in [0.717, 1.165) is 22.3 Å². The van der Waals surface area contributed by atoms with Gasteiger partial charge in [0.05, 0.1) is 7.11 Å². The van der Waals surface area contributed by atoms with Crippen molar-refractivity contribution in [2.24, 2.45) is 0 Å². The van der Waals surface area contributed by atoms with Crippen LogP contribution in [-0.4, -0.2) is 42.7 Å². The summed E-state index contributed by atoms with van der Waals surface area (Å²) in [5.41, 5.74) is 4.59. The second kappa shape index (κ2) is 9.56. The van der Waals surface area contributed by atoms with Crippen molar-refractivity contribution in [3.8, 4) is 16.9 Å². The number of carboxylic acid groups (broad SMARTS) is 1. The Morgan fingerprint density at radius 2 is 1.58 bits per heavy atom. The van der Waals surface area contributed by atoms with Gasteiger partial charge in [-0.15, -0.1) is 0 Å². The molecule has 3 aromatic rings. The molecule has 0 fully saturated rings. The van der Waals surface area contributed by atoms with Crippen LogP contribution in [0.2, 0.25) is 0 Å². The number of hydrogen-bond acceptors (Lipinski definition) is 5. The molecule has 0 bridgehead atoms. The zero-order valence-electron chi connectivity index (χ0n) is 18.0. The number of methoxy groups -OCH3 is 1. The number of carboxylic acids is 1. The lowest BCUT2D eigenvalue weighted by Crippen LogP contribution is -2.42. The number of amides is 1. The molecule has 1 unspecified atom stereocenters. The Hall–Kier alpha value is -4.13. The van der Waals surface area contributed by atoms with E-state index < -0.39 is 30.3 Å². The van der Waals surface area contributed by atoms with Gasteiger partial charge in [-0.05, 0) is 34.4 Å². The predicted octanol–water partition coefficient (Wildman–Crippen LogP) is 4.26. The molecule has 4 rings (SSSR count). The Kier molecular flexibility index (Phi) is 6.40. The maximum Gasteiger partial charge on any atom is 0.407 e. The standard InChI is InChI=1S/C26H23NO6/c1-32-17-8-6-7-16(13-17)24(28)14-23(25(29)30)27-26(31)33-15-22-20-11-4-2-9-18(20)19-10-3-5-12-21(19)22/h2-13,22-23H,14-15H2,1H3,(H,27,31)(H,29,30). The second-order valence-electron chi connectivity index (χ2n) is 7.72. The number of carbonyl (C=O) groups is 3. The zero-order chi connectivity index (χ0) is 23.4. The van der Waals surface area contributed by atoms with E-state index in [2.05, 4.69) is 5.32 Å². The van der Waals surface area contributed by atoms with E-state index in [0.29, 0.717) is 11.3 Å². The number of Topliss-reactive ketones (excluding diaryl/α,β-unsaturated/α-hetero) is 1. The third-order valence-corrected chi connectivity index (χ3v) is 5.72. The summed E-state index contributed by atoms with van der Waals surface area (Å²) in [6, 6.07) is 20.8. The first-order chi connectivity index (χ1) is 16.0. The number of rotatable bonds is 8. The summed E-state index contributed by atoms with van der Waals surface area (Å²) in [5, 5.41) is 11.8. The Bertz CT molecular complexity index is 1160. The van der Waals surface area contributed by atoms with Gasteiger partial charge >= 0.3 is 12.1 Å². The molecule has 7 nitrogen and oxygen atoms in total. The van der Waals surface area contributed by atoms with E-state index >= 15 is 0 Å². The Balaban J connectivity index is 1.41. The first kappa shape index (κ1) is 22.1. The molecule has 0 aliphatic heterocycles. The molecule has 0 radical (unpaired) electrons. The lowest BCUT2D eigenvalue weighted by Gasteiger charge is -2.17. The lowest BCUT2D eigenvalue weighted by molar-refractivity contribution is -0.139. The summed E-state index contributed by atoms with van der Waals surface area (Å²) in [6.07, 6.45) is -1.30. The van der Waals surface area contributed by atoms with Crippen LogP contribution in [0.25, 0.3) is 11.1 Å². The SMILES string of the molecule is COc1cccc(C(=O)CC(NC(=O)OCC2c3ccccc3-c3ccccc32)C(=O)O)c1. The van der Waals surface area contributed by atoms with Crippen molar-refractivity contribution < 1.29 is 29.0 Å². The van der Waals surface area contributed by atoms with Crippen LogP contribution in [0.1, 0.15) is 33.8 Å². The highest BCUT2D eigenvalue weighted by atomic mass is 16.5. The number of hydrogen-bond donors (Lipinski definition) is 2. The predicted molar refractivity (Wildman–Crippen MR) is 122 cm³/mol. The second-order valence-corrected chi connectivity index (χ2v) is 7.72. The minimum atomic E-state index is -1.42. The number of ketones is 1. The fourth-order valence-corrected chi connectivity index (χ4v) is 4.08. The van der Waals surface area contributed by atoms with E-state index in [-0.39, 0.29) is 12.5 Å². The van der Waals surface area contributed by atoms with E-state index in [9.17, 15) is 19.5 Å². The molecule has 0 spiro atoms. The lowest BCUT2D eigenvalue weighted by atomic mass is 9.98. The third-order valence-electron chi connectivity index (χ3n) is 5.72. The molecule has 1 aliphatic rings. The summed E-state index contributed by atoms with van der Waals surface area (Å²) in [7, 11) is 1.47. The number of fused-ring (bicyclic) bond motifs is 3. The smallest absolute Gasteiger partial charge is 0.407 e. The van der Waals surface area contributed by atoms with Gasteiger partial charge in [-0.2, -0.15) is 0 Å². The molecular formula is C26H23NO6. The zero-order valence-corrected chi connectivity index (χ0v) is 18.0. The topological polar surface area (TPSA) is 102 Å². The average Bonchev–Trinajstić information content (AvgIpc) is 3.16. The maximum atomic E-state index is 12.5. The van der Waals surface area contributed by atoms with Crippen molar-refractivity contribution in [3.63, 3.8) is 0 Å². The van der Waals surface area contributed by atoms with Crippen LogP contribution in [0.4, 0.5) is 4.79 Å². The average molecular weight is 445 g/mol. The summed E-state index contributed by atoms with van der Waals surface area (Å²) >= 11 is 0. The molecule has 1 atom stereocenters. The number of aliphatic carboxylic acids is 1. The number of nitrogens with one attached hydrogen (secondary N) is 1. The fraction of sp³-hybridized carbons (Fsp3) is 0.192. The number of carbonyl (C=O) groups excluding carboxylic acids is 2. The third kappa shape index (κ3) is 4.72. The van der Waals surface area contributed by atoms with Crippen LogP contribution in [0.15, 0.2) is 72.8 Å². The van der Waals surface area contributed by atoms with Gasteiger partial charge in [0.25, 0.3) is 0 Å². The Morgan fingerprint density at radius 3 is 2.18 bits per heavy atom. The Labute approximate surface area is 191 Å². The molecule has 0 saturated heterocycles. The van der Waals surface area contributed by atoms with E-state index in [1.54, 1.807) is 18.2 Å². The molecule has 0 saturated carbocycles. The largest absolute Gasteiger partial charge is 0.497 e. The monoisotopic (exact) mass is 445 g/mol. The molecule has 3 aromatic carbocycles. The number of ether oxygens (including phenoxy) is 2. The van der Waals surface area contributed by atoms with Gasteiger partial charge in [-0.1, -0.05) is 60.7 Å². The van der Waals surface area contributed by atoms with Gasteiger partial charge < -0.3 is 19.9 Å². The van der Waals surface area contributed by atoms with Crippen molar-refractivity contribution in [2.75, 3.05) is 13.7 Å². The first-order valence-corrected chi connectivity index (χ1v) is 10.5. The maximum absolute atomic E-state index is 12.5. The summed E-state index contributed by atoms with van der Waals surface area (Å²) in [6.45, 7) is 0.0516. The molecule has 0 aromatic heterocycles. The molecule has 1 amide bonds. The minimum absolute atomic E-state index is 0.0516. The fourth-order valence-electron chi connectivity index (χ4n) is 4.08. The quantitative estimate of drug-likeness (QED) is 0.503.